The van der Waals surface area contributed by atoms with E-state index in [-0.39, 0.29) is 17.9 Å². The van der Waals surface area contributed by atoms with E-state index in [1.807, 2.05) is 13.8 Å². The number of esters is 1. The summed E-state index contributed by atoms with van der Waals surface area (Å²) in [5, 5.41) is 5.87. The van der Waals surface area contributed by atoms with Crippen molar-refractivity contribution in [2.24, 2.45) is 5.92 Å². The fraction of sp³-hybridized carbons (Fsp3) is 0.833. The molecule has 0 aliphatic carbocycles. The number of methoxy groups -OCH3 is 1. The highest BCUT2D eigenvalue weighted by atomic mass is 16.5. The maximum absolute atomic E-state index is 11.9. The van der Waals surface area contributed by atoms with Gasteiger partial charge in [-0.15, -0.1) is 0 Å². The standard InChI is InChI=1S/C12H22N2O3/c1-8(2)7-10(12(16)17-3)14-11(15)9-5-4-6-13-9/h8-10,13H,4-7H2,1-3H3,(H,14,15)/t9-,10-/m0/s1. The highest BCUT2D eigenvalue weighted by Gasteiger charge is 2.28. The topological polar surface area (TPSA) is 67.4 Å². The molecule has 0 unspecified atom stereocenters. The molecule has 2 atom stereocenters. The fourth-order valence-corrected chi connectivity index (χ4v) is 2.01. The first kappa shape index (κ1) is 14.0. The molecule has 0 aromatic carbocycles. The van der Waals surface area contributed by atoms with Gasteiger partial charge in [-0.1, -0.05) is 13.8 Å². The van der Waals surface area contributed by atoms with Crippen LogP contribution in [0.1, 0.15) is 33.1 Å². The molecule has 2 N–H and O–H groups in total. The molecule has 98 valence electrons. The molecule has 5 nitrogen and oxygen atoms in total. The van der Waals surface area contributed by atoms with Gasteiger partial charge in [0.1, 0.15) is 6.04 Å². The van der Waals surface area contributed by atoms with Crippen LogP contribution in [-0.2, 0) is 14.3 Å². The Morgan fingerprint density at radius 2 is 2.18 bits per heavy atom. The SMILES string of the molecule is COC(=O)[C@H](CC(C)C)NC(=O)[C@@H]1CCCN1. The molecule has 0 aromatic heterocycles. The van der Waals surface area contributed by atoms with Crippen LogP contribution in [0, 0.1) is 5.92 Å². The van der Waals surface area contributed by atoms with Crippen molar-refractivity contribution in [3.05, 3.63) is 0 Å². The average Bonchev–Trinajstić information content (AvgIpc) is 2.79. The number of carbonyl (C=O) groups is 2. The molecule has 1 saturated heterocycles. The summed E-state index contributed by atoms with van der Waals surface area (Å²) in [4.78, 5) is 23.4. The van der Waals surface area contributed by atoms with Gasteiger partial charge in [-0.05, 0) is 31.7 Å². The van der Waals surface area contributed by atoms with E-state index < -0.39 is 6.04 Å². The quantitative estimate of drug-likeness (QED) is 0.687. The van der Waals surface area contributed by atoms with E-state index in [2.05, 4.69) is 10.6 Å². The second kappa shape index (κ2) is 6.59. The molecule has 1 fully saturated rings. The predicted molar refractivity (Wildman–Crippen MR) is 64.4 cm³/mol. The van der Waals surface area contributed by atoms with E-state index in [1.165, 1.54) is 7.11 Å². The van der Waals surface area contributed by atoms with Gasteiger partial charge in [0, 0.05) is 0 Å². The van der Waals surface area contributed by atoms with Crippen molar-refractivity contribution >= 4 is 11.9 Å². The zero-order valence-corrected chi connectivity index (χ0v) is 10.8. The molecule has 1 amide bonds. The molecular weight excluding hydrogens is 220 g/mol. The number of hydrogen-bond acceptors (Lipinski definition) is 4. The Labute approximate surface area is 102 Å². The van der Waals surface area contributed by atoms with Gasteiger partial charge in [-0.2, -0.15) is 0 Å². The van der Waals surface area contributed by atoms with Crippen LogP contribution in [0.15, 0.2) is 0 Å². The molecule has 0 aromatic rings. The van der Waals surface area contributed by atoms with Gasteiger partial charge in [0.15, 0.2) is 0 Å². The van der Waals surface area contributed by atoms with Gasteiger partial charge in [0.05, 0.1) is 13.2 Å². The number of ether oxygens (including phenoxy) is 1. The van der Waals surface area contributed by atoms with E-state index in [4.69, 9.17) is 4.74 Å². The molecule has 0 saturated carbocycles. The van der Waals surface area contributed by atoms with E-state index in [1.54, 1.807) is 0 Å². The van der Waals surface area contributed by atoms with Crippen LogP contribution in [0.4, 0.5) is 0 Å². The second-order valence-corrected chi connectivity index (χ2v) is 4.86. The van der Waals surface area contributed by atoms with Crippen molar-refractivity contribution in [3.63, 3.8) is 0 Å². The molecule has 1 rings (SSSR count). The van der Waals surface area contributed by atoms with E-state index >= 15 is 0 Å². The average molecular weight is 242 g/mol. The molecule has 1 aliphatic rings. The summed E-state index contributed by atoms with van der Waals surface area (Å²) in [6, 6.07) is -0.691. The summed E-state index contributed by atoms with van der Waals surface area (Å²) in [6.07, 6.45) is 2.44. The minimum Gasteiger partial charge on any atom is -0.467 e. The summed E-state index contributed by atoms with van der Waals surface area (Å²) in [7, 11) is 1.34. The Morgan fingerprint density at radius 3 is 2.65 bits per heavy atom. The summed E-state index contributed by atoms with van der Waals surface area (Å²) < 4.78 is 4.70. The molecular formula is C12H22N2O3. The predicted octanol–water partition coefficient (Wildman–Crippen LogP) is 0.442. The molecule has 5 heteroatoms. The van der Waals surface area contributed by atoms with Crippen LogP contribution in [0.5, 0.6) is 0 Å². The van der Waals surface area contributed by atoms with Crippen LogP contribution in [-0.4, -0.2) is 37.6 Å². The third-order valence-electron chi connectivity index (χ3n) is 2.89. The Morgan fingerprint density at radius 1 is 1.47 bits per heavy atom. The maximum Gasteiger partial charge on any atom is 0.328 e. The number of rotatable bonds is 5. The molecule has 1 heterocycles. The molecule has 0 bridgehead atoms. The monoisotopic (exact) mass is 242 g/mol. The van der Waals surface area contributed by atoms with Gasteiger partial charge >= 0.3 is 5.97 Å². The van der Waals surface area contributed by atoms with Crippen LogP contribution in [0.25, 0.3) is 0 Å². The lowest BCUT2D eigenvalue weighted by atomic mass is 10.0. The maximum atomic E-state index is 11.9. The van der Waals surface area contributed by atoms with Crippen LogP contribution >= 0.6 is 0 Å². The number of amides is 1. The third-order valence-corrected chi connectivity index (χ3v) is 2.89. The highest BCUT2D eigenvalue weighted by Crippen LogP contribution is 2.09. The largest absolute Gasteiger partial charge is 0.467 e. The first-order chi connectivity index (χ1) is 8.04. The fourth-order valence-electron chi connectivity index (χ4n) is 2.01. The van der Waals surface area contributed by atoms with Gasteiger partial charge in [-0.3, -0.25) is 4.79 Å². The number of carbonyl (C=O) groups excluding carboxylic acids is 2. The summed E-state index contributed by atoms with van der Waals surface area (Å²) >= 11 is 0. The second-order valence-electron chi connectivity index (χ2n) is 4.86. The van der Waals surface area contributed by atoms with Crippen LogP contribution in [0.2, 0.25) is 0 Å². The minimum absolute atomic E-state index is 0.0986. The first-order valence-electron chi connectivity index (χ1n) is 6.16. The van der Waals surface area contributed by atoms with Gasteiger partial charge < -0.3 is 15.4 Å². The van der Waals surface area contributed by atoms with Crippen molar-refractivity contribution in [1.82, 2.24) is 10.6 Å². The summed E-state index contributed by atoms with van der Waals surface area (Å²) in [5.41, 5.74) is 0. The summed E-state index contributed by atoms with van der Waals surface area (Å²) in [6.45, 7) is 4.89. The summed E-state index contributed by atoms with van der Waals surface area (Å²) in [5.74, 6) is -0.139. The zero-order chi connectivity index (χ0) is 12.8. The molecule has 17 heavy (non-hydrogen) atoms. The molecule has 0 radical (unpaired) electrons. The van der Waals surface area contributed by atoms with Gasteiger partial charge in [-0.25, -0.2) is 4.79 Å². The Kier molecular flexibility index (Phi) is 5.41. The van der Waals surface area contributed by atoms with Crippen LogP contribution in [0.3, 0.4) is 0 Å². The Hall–Kier alpha value is -1.10. The Balaban J connectivity index is 2.52. The lowest BCUT2D eigenvalue weighted by molar-refractivity contribution is -0.145. The minimum atomic E-state index is -0.533. The van der Waals surface area contributed by atoms with E-state index in [9.17, 15) is 9.59 Å². The third kappa shape index (κ3) is 4.34. The van der Waals surface area contributed by atoms with Crippen molar-refractivity contribution in [2.45, 2.75) is 45.2 Å². The first-order valence-corrected chi connectivity index (χ1v) is 6.16. The number of nitrogens with one attached hydrogen (secondary N) is 2. The van der Waals surface area contributed by atoms with Crippen molar-refractivity contribution < 1.29 is 14.3 Å². The van der Waals surface area contributed by atoms with E-state index in [0.717, 1.165) is 19.4 Å². The van der Waals surface area contributed by atoms with Gasteiger partial charge in [0.2, 0.25) is 5.91 Å². The number of hydrogen-bond donors (Lipinski definition) is 2. The lowest BCUT2D eigenvalue weighted by Gasteiger charge is -2.20. The van der Waals surface area contributed by atoms with Gasteiger partial charge in [0.25, 0.3) is 0 Å². The van der Waals surface area contributed by atoms with E-state index in [0.29, 0.717) is 12.3 Å². The van der Waals surface area contributed by atoms with Crippen molar-refractivity contribution in [2.75, 3.05) is 13.7 Å². The van der Waals surface area contributed by atoms with Crippen LogP contribution < -0.4 is 10.6 Å². The lowest BCUT2D eigenvalue weighted by Crippen LogP contribution is -2.49. The zero-order valence-electron chi connectivity index (χ0n) is 10.8. The normalized spacial score (nSPS) is 21.3. The van der Waals surface area contributed by atoms with Crippen molar-refractivity contribution in [3.8, 4) is 0 Å². The molecule has 1 aliphatic heterocycles. The van der Waals surface area contributed by atoms with Crippen molar-refractivity contribution in [1.29, 1.82) is 0 Å². The Bertz CT molecular complexity index is 273. The highest BCUT2D eigenvalue weighted by molar-refractivity contribution is 5.87. The smallest absolute Gasteiger partial charge is 0.328 e. The molecule has 0 spiro atoms.